The van der Waals surface area contributed by atoms with Crippen LogP contribution in [0.3, 0.4) is 0 Å². The van der Waals surface area contributed by atoms with Gasteiger partial charge in [0, 0.05) is 10.6 Å². The highest BCUT2D eigenvalue weighted by atomic mass is 79.9. The molecule has 0 fully saturated rings. The van der Waals surface area contributed by atoms with Gasteiger partial charge in [-0.25, -0.2) is 0 Å². The monoisotopic (exact) mass is 424 g/mol. The van der Waals surface area contributed by atoms with Gasteiger partial charge in [0.05, 0.1) is 4.47 Å². The fourth-order valence-corrected chi connectivity index (χ4v) is 2.79. The number of carbonyl (C=O) groups is 2. The van der Waals surface area contributed by atoms with Gasteiger partial charge < -0.3 is 4.74 Å². The van der Waals surface area contributed by atoms with Crippen molar-refractivity contribution in [2.45, 2.75) is 19.8 Å². The summed E-state index contributed by atoms with van der Waals surface area (Å²) in [5.74, 6) is 0.00151. The van der Waals surface area contributed by atoms with Gasteiger partial charge in [-0.05, 0) is 57.7 Å². The average molecular weight is 426 g/mol. The summed E-state index contributed by atoms with van der Waals surface area (Å²) in [7, 11) is 0. The first-order valence-corrected chi connectivity index (χ1v) is 8.81. The van der Waals surface area contributed by atoms with Crippen LogP contribution >= 0.6 is 27.5 Å². The molecule has 132 valence electrons. The highest BCUT2D eigenvalue weighted by molar-refractivity contribution is 9.10. The predicted octanol–water partition coefficient (Wildman–Crippen LogP) is 4.07. The Kier molecular flexibility index (Phi) is 6.84. The Morgan fingerprint density at radius 1 is 1.12 bits per heavy atom. The van der Waals surface area contributed by atoms with Crippen LogP contribution in [0.25, 0.3) is 0 Å². The van der Waals surface area contributed by atoms with Crippen LogP contribution in [0, 0.1) is 0 Å². The molecule has 0 saturated heterocycles. The standard InChI is InChI=1S/C18H18BrClN2O3/c1-11(2)12-3-5-13(6-4-12)18(24)22-21-17(23)10-25-16-8-7-14(20)9-15(16)19/h3-9,11H,10H2,1-2H3,(H,21,23)(H,22,24). The Balaban J connectivity index is 1.81. The zero-order valence-corrected chi connectivity index (χ0v) is 16.1. The van der Waals surface area contributed by atoms with Gasteiger partial charge in [0.15, 0.2) is 6.61 Å². The van der Waals surface area contributed by atoms with Gasteiger partial charge in [-0.15, -0.1) is 0 Å². The molecule has 0 bridgehead atoms. The molecule has 0 heterocycles. The van der Waals surface area contributed by atoms with Gasteiger partial charge in [-0.2, -0.15) is 0 Å². The lowest BCUT2D eigenvalue weighted by Crippen LogP contribution is -2.43. The van der Waals surface area contributed by atoms with E-state index in [4.69, 9.17) is 16.3 Å². The summed E-state index contributed by atoms with van der Waals surface area (Å²) in [5, 5.41) is 0.555. The molecule has 0 aliphatic carbocycles. The lowest BCUT2D eigenvalue weighted by atomic mass is 10.0. The first kappa shape index (κ1) is 19.3. The second-order valence-electron chi connectivity index (χ2n) is 5.64. The highest BCUT2D eigenvalue weighted by Crippen LogP contribution is 2.27. The molecule has 5 nitrogen and oxygen atoms in total. The van der Waals surface area contributed by atoms with E-state index >= 15 is 0 Å². The summed E-state index contributed by atoms with van der Waals surface area (Å²) < 4.78 is 6.01. The van der Waals surface area contributed by atoms with Crippen molar-refractivity contribution in [2.75, 3.05) is 6.61 Å². The number of nitrogens with one attached hydrogen (secondary N) is 2. The van der Waals surface area contributed by atoms with Gasteiger partial charge in [-0.1, -0.05) is 37.6 Å². The molecule has 0 aliphatic heterocycles. The summed E-state index contributed by atoms with van der Waals surface area (Å²) in [5.41, 5.74) is 6.28. The van der Waals surface area contributed by atoms with Gasteiger partial charge in [0.2, 0.25) is 0 Å². The number of hydrogen-bond donors (Lipinski definition) is 2. The van der Waals surface area contributed by atoms with Crippen molar-refractivity contribution in [1.82, 2.24) is 10.9 Å². The van der Waals surface area contributed by atoms with Crippen LogP contribution in [0.15, 0.2) is 46.9 Å². The van der Waals surface area contributed by atoms with E-state index in [1.165, 1.54) is 0 Å². The van der Waals surface area contributed by atoms with Crippen molar-refractivity contribution >= 4 is 39.3 Å². The third-order valence-electron chi connectivity index (χ3n) is 3.41. The summed E-state index contributed by atoms with van der Waals surface area (Å²) in [6.45, 7) is 3.91. The number of hydrogen-bond acceptors (Lipinski definition) is 3. The van der Waals surface area contributed by atoms with Crippen molar-refractivity contribution in [3.05, 3.63) is 63.1 Å². The maximum atomic E-state index is 12.0. The van der Waals surface area contributed by atoms with E-state index in [0.717, 1.165) is 5.56 Å². The molecule has 2 amide bonds. The molecule has 7 heteroatoms. The maximum absolute atomic E-state index is 12.0. The van der Waals surface area contributed by atoms with Gasteiger partial charge >= 0.3 is 0 Å². The third-order valence-corrected chi connectivity index (χ3v) is 4.26. The van der Waals surface area contributed by atoms with Crippen LogP contribution in [0.2, 0.25) is 5.02 Å². The van der Waals surface area contributed by atoms with E-state index < -0.39 is 11.8 Å². The molecule has 0 aliphatic rings. The molecular formula is C18H18BrClN2O3. The Morgan fingerprint density at radius 3 is 2.40 bits per heavy atom. The Bertz CT molecular complexity index is 763. The van der Waals surface area contributed by atoms with E-state index in [9.17, 15) is 9.59 Å². The zero-order chi connectivity index (χ0) is 18.4. The molecule has 0 saturated carbocycles. The smallest absolute Gasteiger partial charge is 0.276 e. The highest BCUT2D eigenvalue weighted by Gasteiger charge is 2.10. The van der Waals surface area contributed by atoms with Gasteiger partial charge in [0.1, 0.15) is 5.75 Å². The number of halogens is 2. The first-order chi connectivity index (χ1) is 11.9. The molecule has 2 N–H and O–H groups in total. The quantitative estimate of drug-likeness (QED) is 0.710. The van der Waals surface area contributed by atoms with Crippen LogP contribution in [-0.4, -0.2) is 18.4 Å². The van der Waals surface area contributed by atoms with Gasteiger partial charge in [-0.3, -0.25) is 20.4 Å². The Morgan fingerprint density at radius 2 is 1.80 bits per heavy atom. The number of carbonyl (C=O) groups excluding carboxylic acids is 2. The normalized spacial score (nSPS) is 10.4. The number of benzene rings is 2. The van der Waals surface area contributed by atoms with Crippen molar-refractivity contribution in [2.24, 2.45) is 0 Å². The lowest BCUT2D eigenvalue weighted by molar-refractivity contribution is -0.123. The minimum absolute atomic E-state index is 0.243. The van der Waals surface area contributed by atoms with Crippen molar-refractivity contribution in [3.8, 4) is 5.75 Å². The van der Waals surface area contributed by atoms with E-state index in [-0.39, 0.29) is 6.61 Å². The topological polar surface area (TPSA) is 67.4 Å². The zero-order valence-electron chi connectivity index (χ0n) is 13.8. The third kappa shape index (κ3) is 5.76. The fourth-order valence-electron chi connectivity index (χ4n) is 1.99. The minimum Gasteiger partial charge on any atom is -0.483 e. The largest absolute Gasteiger partial charge is 0.483 e. The van der Waals surface area contributed by atoms with E-state index in [1.54, 1.807) is 30.3 Å². The Labute approximate surface area is 159 Å². The molecule has 0 unspecified atom stereocenters. The van der Waals surface area contributed by atoms with Crippen molar-refractivity contribution < 1.29 is 14.3 Å². The SMILES string of the molecule is CC(C)c1ccc(C(=O)NNC(=O)COc2ccc(Cl)cc2Br)cc1. The van der Waals surface area contributed by atoms with Crippen LogP contribution in [0.1, 0.15) is 35.7 Å². The molecule has 0 aromatic heterocycles. The molecule has 2 aromatic carbocycles. The summed E-state index contributed by atoms with van der Waals surface area (Å²) in [4.78, 5) is 23.8. The fraction of sp³-hybridized carbons (Fsp3) is 0.222. The summed E-state index contributed by atoms with van der Waals surface area (Å²) in [6, 6.07) is 12.2. The van der Waals surface area contributed by atoms with Crippen molar-refractivity contribution in [1.29, 1.82) is 0 Å². The minimum atomic E-state index is -0.478. The number of rotatable bonds is 5. The molecular weight excluding hydrogens is 408 g/mol. The molecule has 0 atom stereocenters. The molecule has 0 radical (unpaired) electrons. The Hall–Kier alpha value is -2.05. The van der Waals surface area contributed by atoms with Crippen LogP contribution in [0.5, 0.6) is 5.75 Å². The predicted molar refractivity (Wildman–Crippen MR) is 101 cm³/mol. The number of amides is 2. The lowest BCUT2D eigenvalue weighted by Gasteiger charge is -2.10. The number of hydrazine groups is 1. The van der Waals surface area contributed by atoms with Crippen LogP contribution in [-0.2, 0) is 4.79 Å². The molecule has 2 aromatic rings. The van der Waals surface area contributed by atoms with E-state index in [2.05, 4.69) is 40.6 Å². The summed E-state index contributed by atoms with van der Waals surface area (Å²) >= 11 is 9.13. The van der Waals surface area contributed by atoms with E-state index in [0.29, 0.717) is 26.7 Å². The molecule has 0 spiro atoms. The van der Waals surface area contributed by atoms with E-state index in [1.807, 2.05) is 12.1 Å². The number of ether oxygens (including phenoxy) is 1. The van der Waals surface area contributed by atoms with Crippen molar-refractivity contribution in [3.63, 3.8) is 0 Å². The average Bonchev–Trinajstić information content (AvgIpc) is 2.59. The van der Waals surface area contributed by atoms with Crippen LogP contribution in [0.4, 0.5) is 0 Å². The summed E-state index contributed by atoms with van der Waals surface area (Å²) in [6.07, 6.45) is 0. The van der Waals surface area contributed by atoms with Crippen LogP contribution < -0.4 is 15.6 Å². The van der Waals surface area contributed by atoms with Gasteiger partial charge in [0.25, 0.3) is 11.8 Å². The first-order valence-electron chi connectivity index (χ1n) is 7.64. The molecule has 2 rings (SSSR count). The molecule has 25 heavy (non-hydrogen) atoms. The second kappa shape index (κ2) is 8.87. The maximum Gasteiger partial charge on any atom is 0.276 e. The second-order valence-corrected chi connectivity index (χ2v) is 6.93.